The molecule has 0 saturated carbocycles. The number of alkyl halides is 4. The van der Waals surface area contributed by atoms with E-state index in [-0.39, 0.29) is 6.92 Å². The van der Waals surface area contributed by atoms with Crippen LogP contribution in [-0.2, 0) is 0 Å². The fourth-order valence-electron chi connectivity index (χ4n) is 1.08. The van der Waals surface area contributed by atoms with Gasteiger partial charge in [0, 0.05) is 13.3 Å². The van der Waals surface area contributed by atoms with Gasteiger partial charge < -0.3 is 0 Å². The summed E-state index contributed by atoms with van der Waals surface area (Å²) in [6.45, 7) is 17.2. The lowest BCUT2D eigenvalue weighted by Crippen LogP contribution is -2.36. The Kier molecular flexibility index (Phi) is 40.3. The summed E-state index contributed by atoms with van der Waals surface area (Å²) in [7, 11) is 0. The topological polar surface area (TPSA) is 0 Å². The van der Waals surface area contributed by atoms with Gasteiger partial charge in [-0.25, -0.2) is 8.78 Å². The third kappa shape index (κ3) is 31.1. The molecule has 0 amide bonds. The molecule has 0 fully saturated rings. The van der Waals surface area contributed by atoms with Crippen molar-refractivity contribution in [2.24, 2.45) is 0 Å². The minimum atomic E-state index is -3.89. The second-order valence-corrected chi connectivity index (χ2v) is 4.26. The van der Waals surface area contributed by atoms with E-state index in [4.69, 9.17) is 0 Å². The van der Waals surface area contributed by atoms with Gasteiger partial charge in [0.1, 0.15) is 0 Å². The predicted molar refractivity (Wildman–Crippen MR) is 124 cm³/mol. The molecule has 0 N–H and O–H groups in total. The van der Waals surface area contributed by atoms with E-state index in [1.165, 1.54) is 0 Å². The molecule has 0 aliphatic rings. The highest BCUT2D eigenvalue weighted by molar-refractivity contribution is 4.99. The van der Waals surface area contributed by atoms with E-state index >= 15 is 0 Å². The zero-order valence-electron chi connectivity index (χ0n) is 20.1. The van der Waals surface area contributed by atoms with Crippen molar-refractivity contribution in [3.05, 3.63) is 72.8 Å². The Morgan fingerprint density at radius 1 is 0.448 bits per heavy atom. The monoisotopic (exact) mass is 420 g/mol. The molecule has 29 heavy (non-hydrogen) atoms. The molecule has 0 aliphatic carbocycles. The zero-order valence-corrected chi connectivity index (χ0v) is 20.1. The summed E-state index contributed by atoms with van der Waals surface area (Å²) in [6.07, 6.45) is -0.823. The van der Waals surface area contributed by atoms with Crippen LogP contribution in [0.25, 0.3) is 0 Å². The minimum absolute atomic E-state index is 0.219. The van der Waals surface area contributed by atoms with E-state index in [0.29, 0.717) is 0 Å². The Balaban J connectivity index is -0.0000000856. The Labute approximate surface area is 178 Å². The van der Waals surface area contributed by atoms with Gasteiger partial charge in [0.25, 0.3) is 0 Å². The lowest BCUT2D eigenvalue weighted by molar-refractivity contribution is -0.198. The molecule has 2 rings (SSSR count). The van der Waals surface area contributed by atoms with Crippen molar-refractivity contribution in [2.45, 2.75) is 87.5 Å². The standard InChI is InChI=1S/2C6H6.C5H8F4.4C2H6/c2*1-2-4-6-5-3-1;1-3-5(8,9)4(2,6)7;4*1-2/h2*1-6H;3H2,1-2H3;4*1-2H3. The highest BCUT2D eigenvalue weighted by Gasteiger charge is 2.50. The van der Waals surface area contributed by atoms with Gasteiger partial charge in [-0.3, -0.25) is 0 Å². The molecule has 172 valence electrons. The number of hydrogen-bond donors (Lipinski definition) is 0. The second kappa shape index (κ2) is 30.9. The molecule has 2 aromatic carbocycles. The fourth-order valence-corrected chi connectivity index (χ4v) is 1.08. The van der Waals surface area contributed by atoms with Crippen molar-refractivity contribution in [3.8, 4) is 0 Å². The van der Waals surface area contributed by atoms with Gasteiger partial charge in [0.05, 0.1) is 0 Å². The zero-order chi connectivity index (χ0) is 24.2. The van der Waals surface area contributed by atoms with Gasteiger partial charge in [-0.15, -0.1) is 0 Å². The molecular weight excluding hydrogens is 376 g/mol. The summed E-state index contributed by atoms with van der Waals surface area (Å²) >= 11 is 0. The molecule has 2 aromatic rings. The third-order valence-corrected chi connectivity index (χ3v) is 2.42. The summed E-state index contributed by atoms with van der Waals surface area (Å²) in [5, 5.41) is 0. The second-order valence-electron chi connectivity index (χ2n) is 4.26. The molecule has 0 bridgehead atoms. The number of rotatable bonds is 2. The van der Waals surface area contributed by atoms with Crippen LogP contribution in [0.2, 0.25) is 0 Å². The summed E-state index contributed by atoms with van der Waals surface area (Å²) in [5.41, 5.74) is 0. The van der Waals surface area contributed by atoms with E-state index in [1.54, 1.807) is 0 Å². The van der Waals surface area contributed by atoms with Crippen LogP contribution in [0.3, 0.4) is 0 Å². The van der Waals surface area contributed by atoms with Crippen molar-refractivity contribution in [2.75, 3.05) is 0 Å². The van der Waals surface area contributed by atoms with E-state index in [9.17, 15) is 17.6 Å². The molecule has 4 heteroatoms. The minimum Gasteiger partial charge on any atom is -0.200 e. The first-order valence-corrected chi connectivity index (χ1v) is 10.6. The van der Waals surface area contributed by atoms with E-state index in [2.05, 4.69) is 0 Å². The van der Waals surface area contributed by atoms with Crippen LogP contribution in [0.15, 0.2) is 72.8 Å². The molecule has 0 heterocycles. The first kappa shape index (κ1) is 37.8. The SMILES string of the molecule is CC.CC.CC.CC.CCC(F)(F)C(C)(F)F.c1ccccc1.c1ccccc1. The quantitative estimate of drug-likeness (QED) is 0.424. The Morgan fingerprint density at radius 3 is 0.621 bits per heavy atom. The lowest BCUT2D eigenvalue weighted by Gasteiger charge is -2.20. The van der Waals surface area contributed by atoms with Crippen LogP contribution < -0.4 is 0 Å². The summed E-state index contributed by atoms with van der Waals surface area (Å²) in [6, 6.07) is 24.0. The number of benzene rings is 2. The fraction of sp³-hybridized carbons (Fsp3) is 0.520. The third-order valence-electron chi connectivity index (χ3n) is 2.42. The molecule has 0 atom stereocenters. The highest BCUT2D eigenvalue weighted by Crippen LogP contribution is 2.35. The molecule has 0 radical (unpaired) electrons. The van der Waals surface area contributed by atoms with Gasteiger partial charge in [0.15, 0.2) is 0 Å². The maximum absolute atomic E-state index is 11.9. The summed E-state index contributed by atoms with van der Waals surface area (Å²) in [4.78, 5) is 0. The van der Waals surface area contributed by atoms with Crippen molar-refractivity contribution < 1.29 is 17.6 Å². The number of hydrogen-bond acceptors (Lipinski definition) is 0. The molecule has 0 nitrogen and oxygen atoms in total. The highest BCUT2D eigenvalue weighted by atomic mass is 19.3. The van der Waals surface area contributed by atoms with Crippen LogP contribution in [0.1, 0.15) is 75.7 Å². The summed E-state index contributed by atoms with van der Waals surface area (Å²) in [5.74, 6) is -7.74. The molecule has 0 saturated heterocycles. The van der Waals surface area contributed by atoms with Gasteiger partial charge in [-0.1, -0.05) is 135 Å². The average Bonchev–Trinajstić information content (AvgIpc) is 2.81. The molecular formula is C25H44F4. The number of halogens is 4. The molecule has 0 aliphatic heterocycles. The Morgan fingerprint density at radius 2 is 0.586 bits per heavy atom. The lowest BCUT2D eigenvalue weighted by atomic mass is 10.1. The smallest absolute Gasteiger partial charge is 0.200 e. The Hall–Kier alpha value is -1.84. The van der Waals surface area contributed by atoms with Crippen molar-refractivity contribution >= 4 is 0 Å². The van der Waals surface area contributed by atoms with Crippen LogP contribution in [0.4, 0.5) is 17.6 Å². The maximum atomic E-state index is 11.9. The van der Waals surface area contributed by atoms with Gasteiger partial charge in [0.2, 0.25) is 0 Å². The largest absolute Gasteiger partial charge is 0.309 e. The average molecular weight is 421 g/mol. The first-order chi connectivity index (χ1) is 13.8. The molecule has 0 aromatic heterocycles. The normalized spacial score (nSPS) is 8.48. The van der Waals surface area contributed by atoms with E-state index < -0.39 is 18.3 Å². The summed E-state index contributed by atoms with van der Waals surface area (Å²) < 4.78 is 47.3. The first-order valence-electron chi connectivity index (χ1n) is 10.6. The van der Waals surface area contributed by atoms with Crippen LogP contribution in [-0.4, -0.2) is 11.8 Å². The van der Waals surface area contributed by atoms with Crippen LogP contribution in [0, 0.1) is 0 Å². The van der Waals surface area contributed by atoms with Crippen molar-refractivity contribution in [1.82, 2.24) is 0 Å². The molecule has 0 unspecified atom stereocenters. The van der Waals surface area contributed by atoms with Gasteiger partial charge >= 0.3 is 11.8 Å². The van der Waals surface area contributed by atoms with Crippen LogP contribution >= 0.6 is 0 Å². The van der Waals surface area contributed by atoms with Gasteiger partial charge in [-0.05, 0) is 0 Å². The molecule has 0 spiro atoms. The maximum Gasteiger partial charge on any atom is 0.309 e. The van der Waals surface area contributed by atoms with Gasteiger partial charge in [-0.2, -0.15) is 8.78 Å². The predicted octanol–water partition coefficient (Wildman–Crippen LogP) is 10.2. The van der Waals surface area contributed by atoms with E-state index in [0.717, 1.165) is 6.92 Å². The van der Waals surface area contributed by atoms with Crippen molar-refractivity contribution in [1.29, 1.82) is 0 Å². The van der Waals surface area contributed by atoms with E-state index in [1.807, 2.05) is 128 Å². The van der Waals surface area contributed by atoms with Crippen molar-refractivity contribution in [3.63, 3.8) is 0 Å². The Bertz CT molecular complexity index is 352. The van der Waals surface area contributed by atoms with Crippen LogP contribution in [0.5, 0.6) is 0 Å².